The van der Waals surface area contributed by atoms with E-state index in [9.17, 15) is 24.5 Å². The van der Waals surface area contributed by atoms with Crippen molar-refractivity contribution in [1.29, 1.82) is 0 Å². The van der Waals surface area contributed by atoms with E-state index in [1.165, 1.54) is 31.4 Å². The van der Waals surface area contributed by atoms with Crippen LogP contribution in [0.15, 0.2) is 18.2 Å². The predicted octanol–water partition coefficient (Wildman–Crippen LogP) is 2.91. The van der Waals surface area contributed by atoms with Crippen LogP contribution in [0.2, 0.25) is 0 Å². The Labute approximate surface area is 174 Å². The summed E-state index contributed by atoms with van der Waals surface area (Å²) in [7, 11) is 0. The van der Waals surface area contributed by atoms with Crippen LogP contribution in [0.1, 0.15) is 66.2 Å². The zero-order valence-electron chi connectivity index (χ0n) is 16.9. The van der Waals surface area contributed by atoms with E-state index in [0.717, 1.165) is 48.0 Å². The molecule has 1 aromatic rings. The van der Waals surface area contributed by atoms with E-state index < -0.39 is 16.7 Å². The summed E-state index contributed by atoms with van der Waals surface area (Å²) in [6, 6.07) is 3.58. The topological polar surface area (TPSA) is 110 Å². The number of benzene rings is 1. The third-order valence-electron chi connectivity index (χ3n) is 7.85. The van der Waals surface area contributed by atoms with Crippen molar-refractivity contribution in [3.8, 4) is 0 Å². The molecule has 158 valence electrons. The van der Waals surface area contributed by atoms with Gasteiger partial charge in [0.1, 0.15) is 6.54 Å². The molecule has 1 aromatic carbocycles. The minimum Gasteiger partial charge on any atom is -0.352 e. The molecule has 3 amide bonds. The van der Waals surface area contributed by atoms with Crippen LogP contribution in [0, 0.1) is 33.3 Å². The van der Waals surface area contributed by atoms with Gasteiger partial charge in [-0.1, -0.05) is 0 Å². The molecule has 1 N–H and O–H groups in total. The predicted molar refractivity (Wildman–Crippen MR) is 107 cm³/mol. The summed E-state index contributed by atoms with van der Waals surface area (Å²) in [4.78, 5) is 49.2. The standard InChI is InChI=1S/C22H25N3O5/c1-12(22-8-13-4-14(9-22)6-15(5-13)10-22)23-19(26)11-24-20(27)17-3-2-16(25(29)30)7-18(17)21(24)28/h2-3,7,12-15H,4-6,8-11H2,1H3,(H,23,26)/t12-,13?,14?,15?,22?/m1/s1. The number of carbonyl (C=O) groups is 3. The molecule has 30 heavy (non-hydrogen) atoms. The lowest BCUT2D eigenvalue weighted by molar-refractivity contribution is -0.384. The van der Waals surface area contributed by atoms with Gasteiger partial charge in [0.2, 0.25) is 5.91 Å². The Morgan fingerprint density at radius 2 is 1.70 bits per heavy atom. The Morgan fingerprint density at radius 1 is 1.13 bits per heavy atom. The van der Waals surface area contributed by atoms with Gasteiger partial charge in [-0.2, -0.15) is 0 Å². The average Bonchev–Trinajstić information content (AvgIpc) is 2.91. The first-order valence-electron chi connectivity index (χ1n) is 10.7. The number of fused-ring (bicyclic) bond motifs is 1. The zero-order valence-corrected chi connectivity index (χ0v) is 16.9. The SMILES string of the molecule is C[C@@H](NC(=O)CN1C(=O)c2ccc([N+](=O)[O-])cc2C1=O)C12CC3CC(CC(C3)C1)C2. The highest BCUT2D eigenvalue weighted by molar-refractivity contribution is 6.22. The molecule has 5 aliphatic rings. The van der Waals surface area contributed by atoms with Crippen molar-refractivity contribution >= 4 is 23.4 Å². The number of hydrogen-bond acceptors (Lipinski definition) is 5. The first-order chi connectivity index (χ1) is 14.3. The number of carbonyl (C=O) groups excluding carboxylic acids is 3. The van der Waals surface area contributed by atoms with Gasteiger partial charge in [0.15, 0.2) is 0 Å². The lowest BCUT2D eigenvalue weighted by Crippen LogP contribution is -2.56. The number of nitrogens with zero attached hydrogens (tertiary/aromatic N) is 2. The number of amides is 3. The first-order valence-corrected chi connectivity index (χ1v) is 10.7. The van der Waals surface area contributed by atoms with Gasteiger partial charge in [-0.3, -0.25) is 29.4 Å². The lowest BCUT2D eigenvalue weighted by Gasteiger charge is -2.59. The molecule has 0 spiro atoms. The van der Waals surface area contributed by atoms with Crippen molar-refractivity contribution in [1.82, 2.24) is 10.2 Å². The van der Waals surface area contributed by atoms with Crippen LogP contribution in [0.25, 0.3) is 0 Å². The van der Waals surface area contributed by atoms with Gasteiger partial charge in [-0.15, -0.1) is 0 Å². The van der Waals surface area contributed by atoms with Crippen LogP contribution in [0.4, 0.5) is 5.69 Å². The minimum atomic E-state index is -0.656. The van der Waals surface area contributed by atoms with Crippen LogP contribution in [-0.2, 0) is 4.79 Å². The maximum Gasteiger partial charge on any atom is 0.270 e. The third kappa shape index (κ3) is 2.92. The summed E-state index contributed by atoms with van der Waals surface area (Å²) in [6.07, 6.45) is 7.41. The largest absolute Gasteiger partial charge is 0.352 e. The molecular weight excluding hydrogens is 386 g/mol. The van der Waals surface area contributed by atoms with Crippen LogP contribution in [0.5, 0.6) is 0 Å². The van der Waals surface area contributed by atoms with Gasteiger partial charge in [0, 0.05) is 18.2 Å². The lowest BCUT2D eigenvalue weighted by atomic mass is 9.48. The van der Waals surface area contributed by atoms with Crippen molar-refractivity contribution in [2.24, 2.45) is 23.2 Å². The van der Waals surface area contributed by atoms with Gasteiger partial charge >= 0.3 is 0 Å². The van der Waals surface area contributed by atoms with Crippen molar-refractivity contribution < 1.29 is 19.3 Å². The Bertz CT molecular complexity index is 936. The molecule has 8 nitrogen and oxygen atoms in total. The number of non-ortho nitro benzene ring substituents is 1. The molecule has 4 saturated carbocycles. The van der Waals surface area contributed by atoms with Gasteiger partial charge in [-0.05, 0) is 74.7 Å². The van der Waals surface area contributed by atoms with Crippen LogP contribution < -0.4 is 5.32 Å². The van der Waals surface area contributed by atoms with E-state index in [1.807, 2.05) is 0 Å². The summed E-state index contributed by atoms with van der Waals surface area (Å²) in [5.41, 5.74) is -0.0344. The van der Waals surface area contributed by atoms with Crippen molar-refractivity contribution in [2.45, 2.75) is 51.5 Å². The molecule has 4 bridgehead atoms. The highest BCUT2D eigenvalue weighted by Gasteiger charge is 2.53. The fourth-order valence-corrected chi connectivity index (χ4v) is 6.83. The van der Waals surface area contributed by atoms with Gasteiger partial charge in [0.05, 0.1) is 16.1 Å². The Balaban J connectivity index is 1.27. The van der Waals surface area contributed by atoms with Gasteiger partial charge in [0.25, 0.3) is 17.5 Å². The highest BCUT2D eigenvalue weighted by Crippen LogP contribution is 2.61. The van der Waals surface area contributed by atoms with Crippen molar-refractivity contribution in [3.63, 3.8) is 0 Å². The summed E-state index contributed by atoms with van der Waals surface area (Å²) < 4.78 is 0. The first kappa shape index (κ1) is 19.2. The van der Waals surface area contributed by atoms with Crippen LogP contribution in [0.3, 0.4) is 0 Å². The molecule has 8 heteroatoms. The molecular formula is C22H25N3O5. The molecule has 4 aliphatic carbocycles. The van der Waals surface area contributed by atoms with E-state index in [1.54, 1.807) is 0 Å². The van der Waals surface area contributed by atoms with E-state index in [4.69, 9.17) is 0 Å². The van der Waals surface area contributed by atoms with Crippen molar-refractivity contribution in [3.05, 3.63) is 39.4 Å². The monoisotopic (exact) mass is 411 g/mol. The smallest absolute Gasteiger partial charge is 0.270 e. The maximum absolute atomic E-state index is 12.8. The molecule has 1 heterocycles. The molecule has 1 atom stereocenters. The van der Waals surface area contributed by atoms with E-state index >= 15 is 0 Å². The van der Waals surface area contributed by atoms with Crippen molar-refractivity contribution in [2.75, 3.05) is 6.54 Å². The Morgan fingerprint density at radius 3 is 2.27 bits per heavy atom. The molecule has 1 aliphatic heterocycles. The molecule has 4 fully saturated rings. The van der Waals surface area contributed by atoms with Crippen LogP contribution >= 0.6 is 0 Å². The number of rotatable bonds is 5. The average molecular weight is 411 g/mol. The van der Waals surface area contributed by atoms with Gasteiger partial charge < -0.3 is 5.32 Å². The molecule has 0 unspecified atom stereocenters. The number of nitro groups is 1. The quantitative estimate of drug-likeness (QED) is 0.455. The second-order valence-electron chi connectivity index (χ2n) is 9.75. The van der Waals surface area contributed by atoms with Gasteiger partial charge in [-0.25, -0.2) is 0 Å². The fraction of sp³-hybridized carbons (Fsp3) is 0.591. The summed E-state index contributed by atoms with van der Waals surface area (Å²) in [6.45, 7) is 1.69. The number of hydrogen-bond donors (Lipinski definition) is 1. The number of imide groups is 1. The van der Waals surface area contributed by atoms with Crippen LogP contribution in [-0.4, -0.2) is 40.1 Å². The second-order valence-corrected chi connectivity index (χ2v) is 9.75. The Kier molecular flexibility index (Phi) is 4.24. The fourth-order valence-electron chi connectivity index (χ4n) is 6.83. The summed E-state index contributed by atoms with van der Waals surface area (Å²) in [5, 5.41) is 14.0. The summed E-state index contributed by atoms with van der Waals surface area (Å²) in [5.74, 6) is 0.703. The normalized spacial score (nSPS) is 32.3. The Hall–Kier alpha value is -2.77. The van der Waals surface area contributed by atoms with E-state index in [2.05, 4.69) is 12.2 Å². The second kappa shape index (κ2) is 6.62. The zero-order chi connectivity index (χ0) is 21.2. The molecule has 0 radical (unpaired) electrons. The molecule has 6 rings (SSSR count). The van der Waals surface area contributed by atoms with E-state index in [0.29, 0.717) is 0 Å². The number of nitrogens with one attached hydrogen (secondary N) is 1. The molecule has 0 aromatic heterocycles. The molecule has 0 saturated heterocycles. The minimum absolute atomic E-state index is 0.00494. The number of nitro benzene ring substituents is 1. The highest BCUT2D eigenvalue weighted by atomic mass is 16.6. The van der Waals surface area contributed by atoms with E-state index in [-0.39, 0.29) is 40.7 Å². The summed E-state index contributed by atoms with van der Waals surface area (Å²) >= 11 is 0. The third-order valence-corrected chi connectivity index (χ3v) is 7.85. The maximum atomic E-state index is 12.8.